The highest BCUT2D eigenvalue weighted by molar-refractivity contribution is 9.11. The first-order valence-electron chi connectivity index (χ1n) is 18.8. The predicted octanol–water partition coefficient (Wildman–Crippen LogP) is 16.1. The lowest BCUT2D eigenvalue weighted by Gasteiger charge is -2.33. The first kappa shape index (κ1) is 46.4. The maximum atomic E-state index is 12.7. The van der Waals surface area contributed by atoms with E-state index in [0.717, 1.165) is 79.1 Å². The van der Waals surface area contributed by atoms with Crippen molar-refractivity contribution >= 4 is 85.6 Å². The number of ether oxygens (including phenoxy) is 1. The van der Waals surface area contributed by atoms with Gasteiger partial charge >= 0.3 is 5.97 Å². The molecule has 0 amide bonds. The number of aryl methyl sites for hydroxylation is 6. The first-order valence-corrected chi connectivity index (χ1v) is 22.8. The molecule has 0 saturated carbocycles. The Labute approximate surface area is 390 Å². The molecule has 59 heavy (non-hydrogen) atoms. The average Bonchev–Trinajstić information content (AvgIpc) is 3.17. The van der Waals surface area contributed by atoms with Crippen LogP contribution in [0.15, 0.2) is 162 Å². The molecule has 3 nitrogen and oxygen atoms in total. The molecule has 7 rings (SSSR count). The monoisotopic (exact) mass is 1100 g/mol. The van der Waals surface area contributed by atoms with Gasteiger partial charge in [0.25, 0.3) is 0 Å². The zero-order valence-corrected chi connectivity index (χ0v) is 41.9. The van der Waals surface area contributed by atoms with Crippen molar-refractivity contribution in [3.05, 3.63) is 218 Å². The van der Waals surface area contributed by atoms with Gasteiger partial charge in [-0.05, 0) is 147 Å². The van der Waals surface area contributed by atoms with Crippen LogP contribution in [0, 0.1) is 41.5 Å². The van der Waals surface area contributed by atoms with Crippen molar-refractivity contribution in [3.63, 3.8) is 0 Å². The molecule has 0 radical (unpaired) electrons. The number of rotatable bonds is 6. The summed E-state index contributed by atoms with van der Waals surface area (Å²) >= 11 is 17.4. The van der Waals surface area contributed by atoms with E-state index in [1.165, 1.54) is 22.7 Å². The van der Waals surface area contributed by atoms with Gasteiger partial charge in [-0.3, -0.25) is 0 Å². The normalized spacial score (nSPS) is 10.9. The number of hydrogen-bond acceptors (Lipinski definition) is 3. The SMILES string of the molecule is COC(=O)c1cc(Br)ccc1-c1ccc(Br)cc1.Cc1cc(C)cc(Br)c1.Cc1cc(C)cc(C(O)(c2cc(C)cc(C)c2)c2cc(Br)ccc2-c2ccc(Br)cc2)c1. The molecule has 302 valence electrons. The summed E-state index contributed by atoms with van der Waals surface area (Å²) in [5, 5.41) is 12.7. The average molecular weight is 1110 g/mol. The Hall–Kier alpha value is -3.63. The molecule has 0 bridgehead atoms. The van der Waals surface area contributed by atoms with Crippen molar-refractivity contribution in [1.29, 1.82) is 0 Å². The molecule has 0 spiro atoms. The van der Waals surface area contributed by atoms with Crippen LogP contribution in [-0.4, -0.2) is 18.2 Å². The van der Waals surface area contributed by atoms with Gasteiger partial charge in [0.1, 0.15) is 5.60 Å². The van der Waals surface area contributed by atoms with E-state index in [2.05, 4.69) is 194 Å². The molecule has 0 atom stereocenters. The lowest BCUT2D eigenvalue weighted by molar-refractivity contribution is 0.0601. The van der Waals surface area contributed by atoms with Crippen LogP contribution in [0.25, 0.3) is 22.3 Å². The molecule has 0 saturated heterocycles. The number of carbonyl (C=O) groups excluding carboxylic acids is 1. The second-order valence-electron chi connectivity index (χ2n) is 14.7. The quantitative estimate of drug-likeness (QED) is 0.133. The van der Waals surface area contributed by atoms with E-state index in [4.69, 9.17) is 4.74 Å². The van der Waals surface area contributed by atoms with Crippen LogP contribution >= 0.6 is 79.6 Å². The summed E-state index contributed by atoms with van der Waals surface area (Å²) in [5.74, 6) is -0.339. The van der Waals surface area contributed by atoms with Crippen molar-refractivity contribution in [2.75, 3.05) is 7.11 Å². The molecule has 7 aromatic rings. The molecule has 0 aliphatic rings. The molecule has 0 heterocycles. The smallest absolute Gasteiger partial charge is 0.338 e. The molecule has 0 fully saturated rings. The molecule has 0 aromatic heterocycles. The number of halogens is 5. The topological polar surface area (TPSA) is 46.5 Å². The number of carbonyl (C=O) groups is 1. The minimum absolute atomic E-state index is 0.339. The van der Waals surface area contributed by atoms with E-state index in [9.17, 15) is 9.90 Å². The van der Waals surface area contributed by atoms with Crippen molar-refractivity contribution in [3.8, 4) is 22.3 Å². The van der Waals surface area contributed by atoms with Gasteiger partial charge in [0, 0.05) is 27.9 Å². The maximum absolute atomic E-state index is 12.7. The van der Waals surface area contributed by atoms with Gasteiger partial charge in [-0.2, -0.15) is 0 Å². The Morgan fingerprint density at radius 1 is 0.441 bits per heavy atom. The van der Waals surface area contributed by atoms with Crippen LogP contribution in [0.1, 0.15) is 60.4 Å². The van der Waals surface area contributed by atoms with Gasteiger partial charge in [0.2, 0.25) is 0 Å². The molecular formula is C51H45Br5O3. The number of benzene rings is 7. The minimum Gasteiger partial charge on any atom is -0.465 e. The van der Waals surface area contributed by atoms with Gasteiger partial charge < -0.3 is 9.84 Å². The zero-order chi connectivity index (χ0) is 43.0. The van der Waals surface area contributed by atoms with Crippen molar-refractivity contribution < 1.29 is 14.6 Å². The second kappa shape index (κ2) is 20.8. The summed E-state index contributed by atoms with van der Waals surface area (Å²) in [6.45, 7) is 12.5. The highest BCUT2D eigenvalue weighted by atomic mass is 79.9. The summed E-state index contributed by atoms with van der Waals surface area (Å²) in [4.78, 5) is 11.8. The highest BCUT2D eigenvalue weighted by Crippen LogP contribution is 2.44. The van der Waals surface area contributed by atoms with Crippen LogP contribution in [0.5, 0.6) is 0 Å². The summed E-state index contributed by atoms with van der Waals surface area (Å²) in [5.41, 5.74) is 12.8. The number of methoxy groups -OCH3 is 1. The third-order valence-corrected chi connectivity index (χ3v) is 12.0. The van der Waals surface area contributed by atoms with Gasteiger partial charge in [-0.15, -0.1) is 0 Å². The van der Waals surface area contributed by atoms with Crippen molar-refractivity contribution in [2.24, 2.45) is 0 Å². The third-order valence-electron chi connectivity index (χ3n) is 9.53. The summed E-state index contributed by atoms with van der Waals surface area (Å²) in [6, 6.07) is 46.8. The highest BCUT2D eigenvalue weighted by Gasteiger charge is 2.37. The van der Waals surface area contributed by atoms with Crippen LogP contribution in [0.2, 0.25) is 0 Å². The van der Waals surface area contributed by atoms with Gasteiger partial charge in [0.05, 0.1) is 12.7 Å². The first-order chi connectivity index (χ1) is 28.0. The fourth-order valence-electron chi connectivity index (χ4n) is 7.14. The molecule has 1 N–H and O–H groups in total. The fourth-order valence-corrected chi connectivity index (χ4v) is 9.11. The maximum Gasteiger partial charge on any atom is 0.338 e. The van der Waals surface area contributed by atoms with E-state index in [0.29, 0.717) is 5.56 Å². The number of esters is 1. The fraction of sp³-hybridized carbons (Fsp3) is 0.157. The lowest BCUT2D eigenvalue weighted by atomic mass is 9.76. The Bertz CT molecular complexity index is 2440. The van der Waals surface area contributed by atoms with Crippen LogP contribution in [0.4, 0.5) is 0 Å². The van der Waals surface area contributed by atoms with Crippen LogP contribution in [0.3, 0.4) is 0 Å². The van der Waals surface area contributed by atoms with E-state index >= 15 is 0 Å². The Kier molecular flexibility index (Phi) is 16.3. The van der Waals surface area contributed by atoms with E-state index in [1.54, 1.807) is 6.07 Å². The molecule has 8 heteroatoms. The molecule has 0 aliphatic carbocycles. The van der Waals surface area contributed by atoms with Crippen molar-refractivity contribution in [1.82, 2.24) is 0 Å². The van der Waals surface area contributed by atoms with Crippen LogP contribution < -0.4 is 0 Å². The Morgan fingerprint density at radius 3 is 1.20 bits per heavy atom. The number of hydrogen-bond donors (Lipinski definition) is 1. The van der Waals surface area contributed by atoms with E-state index in [-0.39, 0.29) is 5.97 Å². The summed E-state index contributed by atoms with van der Waals surface area (Å²) in [6.07, 6.45) is 0. The summed E-state index contributed by atoms with van der Waals surface area (Å²) < 4.78 is 9.79. The molecular weight excluding hydrogens is 1060 g/mol. The molecule has 0 aliphatic heterocycles. The third kappa shape index (κ3) is 12.2. The molecule has 0 unspecified atom stereocenters. The Morgan fingerprint density at radius 2 is 0.797 bits per heavy atom. The zero-order valence-electron chi connectivity index (χ0n) is 33.9. The van der Waals surface area contributed by atoms with Crippen LogP contribution in [-0.2, 0) is 10.3 Å². The largest absolute Gasteiger partial charge is 0.465 e. The van der Waals surface area contributed by atoms with Gasteiger partial charge in [-0.25, -0.2) is 4.79 Å². The van der Waals surface area contributed by atoms with E-state index in [1.807, 2.05) is 60.7 Å². The second-order valence-corrected chi connectivity index (χ2v) is 19.2. The Balaban J connectivity index is 0.000000204. The molecule has 7 aromatic carbocycles. The summed E-state index contributed by atoms with van der Waals surface area (Å²) in [7, 11) is 1.38. The number of aliphatic hydroxyl groups is 1. The van der Waals surface area contributed by atoms with Crippen molar-refractivity contribution in [2.45, 2.75) is 47.1 Å². The van der Waals surface area contributed by atoms with Gasteiger partial charge in [0.15, 0.2) is 0 Å². The lowest BCUT2D eigenvalue weighted by Crippen LogP contribution is -2.30. The van der Waals surface area contributed by atoms with E-state index < -0.39 is 5.60 Å². The standard InChI is InChI=1S/C29H26Br2O.C14H10Br2O2.C8H9Br/c1-18-11-19(2)14-23(13-18)29(32,24-15-20(3)12-21(4)16-24)28-17-26(31)9-10-27(28)22-5-7-25(30)8-6-22;1-18-14(17)13-8-11(16)6-7-12(13)9-2-4-10(15)5-3-9;1-6-3-7(2)5-8(9)4-6/h5-17,32H,1-4H3;2-8H,1H3;3-5H,1-2H3. The van der Waals surface area contributed by atoms with Gasteiger partial charge in [-0.1, -0.05) is 181 Å². The predicted molar refractivity (Wildman–Crippen MR) is 263 cm³/mol. The minimum atomic E-state index is -1.32.